The lowest BCUT2D eigenvalue weighted by atomic mass is 10.0. The van der Waals surface area contributed by atoms with Gasteiger partial charge in [-0.15, -0.1) is 0 Å². The third-order valence-electron chi connectivity index (χ3n) is 3.09. The fourth-order valence-electron chi connectivity index (χ4n) is 2.20. The summed E-state index contributed by atoms with van der Waals surface area (Å²) < 4.78 is 10.8. The second-order valence-electron chi connectivity index (χ2n) is 4.18. The molecule has 0 unspecified atom stereocenters. The van der Waals surface area contributed by atoms with Gasteiger partial charge in [0.1, 0.15) is 0 Å². The summed E-state index contributed by atoms with van der Waals surface area (Å²) in [6.07, 6.45) is 6.81. The highest BCUT2D eigenvalue weighted by Crippen LogP contribution is 2.26. The maximum atomic E-state index is 6.09. The Morgan fingerprint density at radius 3 is 3.25 bits per heavy atom. The summed E-state index contributed by atoms with van der Waals surface area (Å²) >= 11 is 0. The van der Waals surface area contributed by atoms with Crippen molar-refractivity contribution in [2.45, 2.75) is 25.4 Å². The number of rotatable bonds is 2. The maximum absolute atomic E-state index is 6.09. The molecule has 0 spiro atoms. The Hall–Kier alpha value is -1.55. The molecule has 4 nitrogen and oxygen atoms in total. The molecule has 0 aliphatic carbocycles. The summed E-state index contributed by atoms with van der Waals surface area (Å²) in [7, 11) is 0. The van der Waals surface area contributed by atoms with Crippen LogP contribution in [0.5, 0.6) is 0 Å². The van der Waals surface area contributed by atoms with Crippen LogP contribution < -0.4 is 5.73 Å². The quantitative estimate of drug-likeness (QED) is 0.838. The molecule has 0 aromatic carbocycles. The highest BCUT2D eigenvalue weighted by molar-refractivity contribution is 5.88. The zero-order chi connectivity index (χ0) is 11.0. The predicted molar refractivity (Wildman–Crippen MR) is 61.1 cm³/mol. The molecule has 0 amide bonds. The van der Waals surface area contributed by atoms with E-state index in [1.54, 1.807) is 12.5 Å². The van der Waals surface area contributed by atoms with Crippen LogP contribution in [0.1, 0.15) is 18.4 Å². The Kier molecular flexibility index (Phi) is 2.29. The van der Waals surface area contributed by atoms with Crippen LogP contribution in [-0.2, 0) is 11.2 Å². The standard InChI is InChI=1S/C12H14N2O2/c13-11-8(6-9-2-1-4-15-9)7-14-12-10(11)3-5-16-12/h3,5,7,9H,1-2,4,6H2,(H2,13,14)/t9-/m0/s1. The van der Waals surface area contributed by atoms with E-state index in [1.807, 2.05) is 6.07 Å². The van der Waals surface area contributed by atoms with Crippen LogP contribution in [0.3, 0.4) is 0 Å². The number of pyridine rings is 1. The van der Waals surface area contributed by atoms with Gasteiger partial charge >= 0.3 is 0 Å². The van der Waals surface area contributed by atoms with Crippen molar-refractivity contribution >= 4 is 16.8 Å². The second-order valence-corrected chi connectivity index (χ2v) is 4.18. The number of furan rings is 1. The predicted octanol–water partition coefficient (Wildman–Crippen LogP) is 2.13. The number of nitrogen functional groups attached to an aromatic ring is 1. The first-order valence-electron chi connectivity index (χ1n) is 5.57. The molecule has 3 heterocycles. The lowest BCUT2D eigenvalue weighted by Crippen LogP contribution is -2.10. The molecular weight excluding hydrogens is 204 g/mol. The molecule has 2 aromatic rings. The topological polar surface area (TPSA) is 61.3 Å². The van der Waals surface area contributed by atoms with E-state index >= 15 is 0 Å². The van der Waals surface area contributed by atoms with Gasteiger partial charge in [0.05, 0.1) is 17.8 Å². The Bertz CT molecular complexity index is 501. The Morgan fingerprint density at radius 1 is 1.50 bits per heavy atom. The van der Waals surface area contributed by atoms with Gasteiger partial charge in [0.2, 0.25) is 5.71 Å². The lowest BCUT2D eigenvalue weighted by molar-refractivity contribution is 0.111. The fourth-order valence-corrected chi connectivity index (χ4v) is 2.20. The van der Waals surface area contributed by atoms with Gasteiger partial charge in [-0.25, -0.2) is 4.98 Å². The van der Waals surface area contributed by atoms with Gasteiger partial charge in [-0.1, -0.05) is 0 Å². The zero-order valence-electron chi connectivity index (χ0n) is 8.98. The van der Waals surface area contributed by atoms with E-state index in [0.717, 1.165) is 42.5 Å². The van der Waals surface area contributed by atoms with Gasteiger partial charge in [-0.3, -0.25) is 0 Å². The molecule has 1 saturated heterocycles. The van der Waals surface area contributed by atoms with Gasteiger partial charge in [-0.05, 0) is 24.5 Å². The molecule has 1 fully saturated rings. The van der Waals surface area contributed by atoms with Crippen LogP contribution in [0.4, 0.5) is 5.69 Å². The number of anilines is 1. The number of ether oxygens (including phenoxy) is 1. The van der Waals surface area contributed by atoms with Gasteiger partial charge in [-0.2, -0.15) is 0 Å². The SMILES string of the molecule is Nc1c(C[C@@H]2CCCO2)cnc2occc12. The molecule has 1 aliphatic rings. The van der Waals surface area contributed by atoms with Crippen molar-refractivity contribution in [1.29, 1.82) is 0 Å². The largest absolute Gasteiger partial charge is 0.446 e. The third kappa shape index (κ3) is 1.55. The summed E-state index contributed by atoms with van der Waals surface area (Å²) in [4.78, 5) is 4.24. The lowest BCUT2D eigenvalue weighted by Gasteiger charge is -2.11. The van der Waals surface area contributed by atoms with Crippen molar-refractivity contribution in [3.05, 3.63) is 24.1 Å². The maximum Gasteiger partial charge on any atom is 0.227 e. The number of hydrogen-bond donors (Lipinski definition) is 1. The van der Waals surface area contributed by atoms with Crippen LogP contribution in [0.25, 0.3) is 11.1 Å². The van der Waals surface area contributed by atoms with E-state index in [9.17, 15) is 0 Å². The third-order valence-corrected chi connectivity index (χ3v) is 3.09. The number of aromatic nitrogens is 1. The first kappa shape index (κ1) is 9.66. The first-order chi connectivity index (χ1) is 7.84. The molecule has 0 bridgehead atoms. The molecule has 4 heteroatoms. The summed E-state index contributed by atoms with van der Waals surface area (Å²) in [6, 6.07) is 1.86. The number of fused-ring (bicyclic) bond motifs is 1. The highest BCUT2D eigenvalue weighted by atomic mass is 16.5. The van der Waals surface area contributed by atoms with Crippen molar-refractivity contribution in [1.82, 2.24) is 4.98 Å². The molecule has 84 valence electrons. The van der Waals surface area contributed by atoms with E-state index in [-0.39, 0.29) is 0 Å². The Morgan fingerprint density at radius 2 is 2.44 bits per heavy atom. The van der Waals surface area contributed by atoms with Crippen molar-refractivity contribution in [2.75, 3.05) is 12.3 Å². The molecule has 0 saturated carbocycles. The monoisotopic (exact) mass is 218 g/mol. The molecule has 2 aromatic heterocycles. The van der Waals surface area contributed by atoms with E-state index in [4.69, 9.17) is 14.9 Å². The fraction of sp³-hybridized carbons (Fsp3) is 0.417. The zero-order valence-corrected chi connectivity index (χ0v) is 8.98. The number of hydrogen-bond acceptors (Lipinski definition) is 4. The molecular formula is C12H14N2O2. The minimum atomic E-state index is 0.299. The van der Waals surface area contributed by atoms with Crippen molar-refractivity contribution in [3.63, 3.8) is 0 Å². The van der Waals surface area contributed by atoms with Crippen LogP contribution in [0, 0.1) is 0 Å². The Labute approximate surface area is 93.4 Å². The van der Waals surface area contributed by atoms with Crippen LogP contribution >= 0.6 is 0 Å². The number of nitrogens with zero attached hydrogens (tertiary/aromatic N) is 1. The minimum Gasteiger partial charge on any atom is -0.446 e. The highest BCUT2D eigenvalue weighted by Gasteiger charge is 2.18. The molecule has 3 rings (SSSR count). The van der Waals surface area contributed by atoms with Gasteiger partial charge in [0.15, 0.2) is 0 Å². The summed E-state index contributed by atoms with van der Waals surface area (Å²) in [5, 5.41) is 0.899. The minimum absolute atomic E-state index is 0.299. The van der Waals surface area contributed by atoms with Crippen LogP contribution in [-0.4, -0.2) is 17.7 Å². The Balaban J connectivity index is 1.93. The van der Waals surface area contributed by atoms with Crippen molar-refractivity contribution < 1.29 is 9.15 Å². The smallest absolute Gasteiger partial charge is 0.227 e. The number of nitrogens with two attached hydrogens (primary N) is 1. The normalized spacial score (nSPS) is 20.6. The molecule has 1 atom stereocenters. The second kappa shape index (κ2) is 3.79. The van der Waals surface area contributed by atoms with Crippen LogP contribution in [0.15, 0.2) is 22.9 Å². The van der Waals surface area contributed by atoms with Gasteiger partial charge in [0.25, 0.3) is 0 Å². The van der Waals surface area contributed by atoms with E-state index in [0.29, 0.717) is 11.8 Å². The van der Waals surface area contributed by atoms with E-state index < -0.39 is 0 Å². The summed E-state index contributed by atoms with van der Waals surface area (Å²) in [5.74, 6) is 0. The van der Waals surface area contributed by atoms with E-state index in [1.165, 1.54) is 0 Å². The van der Waals surface area contributed by atoms with Gasteiger partial charge < -0.3 is 14.9 Å². The van der Waals surface area contributed by atoms with Crippen LogP contribution in [0.2, 0.25) is 0 Å². The first-order valence-corrected chi connectivity index (χ1v) is 5.57. The summed E-state index contributed by atoms with van der Waals surface area (Å²) in [5.41, 5.74) is 8.52. The average molecular weight is 218 g/mol. The molecule has 0 radical (unpaired) electrons. The van der Waals surface area contributed by atoms with Crippen molar-refractivity contribution in [2.24, 2.45) is 0 Å². The molecule has 2 N–H and O–H groups in total. The average Bonchev–Trinajstić information content (AvgIpc) is 2.93. The van der Waals surface area contributed by atoms with Crippen molar-refractivity contribution in [3.8, 4) is 0 Å². The molecule has 16 heavy (non-hydrogen) atoms. The van der Waals surface area contributed by atoms with E-state index in [2.05, 4.69) is 4.98 Å². The van der Waals surface area contributed by atoms with Gasteiger partial charge in [0, 0.05) is 24.9 Å². The summed E-state index contributed by atoms with van der Waals surface area (Å²) in [6.45, 7) is 0.867. The molecule has 1 aliphatic heterocycles.